The maximum absolute atomic E-state index is 11.8. The fourth-order valence-corrected chi connectivity index (χ4v) is 2.36. The van der Waals surface area contributed by atoms with Gasteiger partial charge in [-0.25, -0.2) is 9.97 Å². The second-order valence-corrected chi connectivity index (χ2v) is 5.10. The van der Waals surface area contributed by atoms with Crippen LogP contribution in [0.1, 0.15) is 25.2 Å². The number of hydrogen-bond acceptors (Lipinski definition) is 6. The number of Topliss-reactive ketones (excluding diaryl/α,β-unsaturated/α-hetero) is 1. The Balaban J connectivity index is 2.56. The van der Waals surface area contributed by atoms with Crippen LogP contribution in [0.5, 0.6) is 0 Å². The molecule has 19 heavy (non-hydrogen) atoms. The van der Waals surface area contributed by atoms with Crippen LogP contribution >= 0.6 is 11.8 Å². The Morgan fingerprint density at radius 2 is 1.89 bits per heavy atom. The molecule has 0 amide bonds. The molecule has 5 nitrogen and oxygen atoms in total. The molecule has 0 fully saturated rings. The van der Waals surface area contributed by atoms with Crippen molar-refractivity contribution in [2.45, 2.75) is 32.9 Å². The Labute approximate surface area is 117 Å². The zero-order chi connectivity index (χ0) is 14.4. The molecule has 1 heterocycles. The monoisotopic (exact) mass is 282 g/mol. The van der Waals surface area contributed by atoms with Crippen molar-refractivity contribution < 1.29 is 14.3 Å². The molecule has 0 spiro atoms. The molecule has 104 valence electrons. The Hall–Kier alpha value is -1.43. The van der Waals surface area contributed by atoms with Gasteiger partial charge in [-0.1, -0.05) is 11.8 Å². The van der Waals surface area contributed by atoms with E-state index >= 15 is 0 Å². The molecule has 1 aromatic heterocycles. The summed E-state index contributed by atoms with van der Waals surface area (Å²) in [5.41, 5.74) is 1.72. The van der Waals surface area contributed by atoms with E-state index in [2.05, 4.69) is 9.97 Å². The zero-order valence-electron chi connectivity index (χ0n) is 11.6. The number of rotatable bonds is 6. The summed E-state index contributed by atoms with van der Waals surface area (Å²) in [5.74, 6) is -1.22. The maximum atomic E-state index is 11.8. The third-order valence-electron chi connectivity index (χ3n) is 2.43. The molecule has 6 heteroatoms. The molecule has 0 saturated carbocycles. The first-order chi connectivity index (χ1) is 8.93. The van der Waals surface area contributed by atoms with E-state index < -0.39 is 11.9 Å². The summed E-state index contributed by atoms with van der Waals surface area (Å²) in [6, 6.07) is 1.87. The van der Waals surface area contributed by atoms with Gasteiger partial charge < -0.3 is 4.74 Å². The van der Waals surface area contributed by atoms with E-state index in [0.717, 1.165) is 11.4 Å². The van der Waals surface area contributed by atoms with Crippen molar-refractivity contribution in [2.24, 2.45) is 5.92 Å². The molecule has 0 bridgehead atoms. The minimum atomic E-state index is -0.738. The molecule has 0 radical (unpaired) electrons. The second kappa shape index (κ2) is 7.23. The SMILES string of the molecule is CCOC(=O)C(C)C(=O)CSc1nc(C)cc(C)n1. The van der Waals surface area contributed by atoms with Crippen LogP contribution in [0.4, 0.5) is 0 Å². The fraction of sp³-hybridized carbons (Fsp3) is 0.538. The van der Waals surface area contributed by atoms with Gasteiger partial charge >= 0.3 is 5.97 Å². The summed E-state index contributed by atoms with van der Waals surface area (Å²) in [5, 5.41) is 0.557. The van der Waals surface area contributed by atoms with Crippen molar-refractivity contribution in [3.8, 4) is 0 Å². The van der Waals surface area contributed by atoms with E-state index in [-0.39, 0.29) is 18.1 Å². The Kier molecular flexibility index (Phi) is 5.95. The molecule has 0 aliphatic rings. The lowest BCUT2D eigenvalue weighted by molar-refractivity contribution is -0.150. The third kappa shape index (κ3) is 4.98. The van der Waals surface area contributed by atoms with E-state index in [1.165, 1.54) is 11.8 Å². The van der Waals surface area contributed by atoms with Gasteiger partial charge in [0.1, 0.15) is 5.92 Å². The summed E-state index contributed by atoms with van der Waals surface area (Å²) in [7, 11) is 0. The number of ketones is 1. The van der Waals surface area contributed by atoms with E-state index in [9.17, 15) is 9.59 Å². The molecule has 0 aliphatic heterocycles. The first kappa shape index (κ1) is 15.6. The van der Waals surface area contributed by atoms with E-state index in [4.69, 9.17) is 4.74 Å². The van der Waals surface area contributed by atoms with E-state index in [1.54, 1.807) is 13.8 Å². The number of carbonyl (C=O) groups excluding carboxylic acids is 2. The standard InChI is InChI=1S/C13H18N2O3S/c1-5-18-12(17)10(4)11(16)7-19-13-14-8(2)6-9(3)15-13/h6,10H,5,7H2,1-4H3. The van der Waals surface area contributed by atoms with Gasteiger partial charge in [-0.05, 0) is 33.8 Å². The Bertz CT molecular complexity index is 457. The highest BCUT2D eigenvalue weighted by molar-refractivity contribution is 7.99. The second-order valence-electron chi connectivity index (χ2n) is 4.16. The Morgan fingerprint density at radius 3 is 2.42 bits per heavy atom. The first-order valence-electron chi connectivity index (χ1n) is 6.08. The molecule has 1 rings (SSSR count). The summed E-state index contributed by atoms with van der Waals surface area (Å²) in [4.78, 5) is 31.7. The molecule has 0 aromatic carbocycles. The number of thioether (sulfide) groups is 1. The van der Waals surface area contributed by atoms with Gasteiger partial charge in [-0.15, -0.1) is 0 Å². The highest BCUT2D eigenvalue weighted by Crippen LogP contribution is 2.16. The number of hydrogen-bond donors (Lipinski definition) is 0. The predicted molar refractivity (Wildman–Crippen MR) is 73.0 cm³/mol. The summed E-state index contributed by atoms with van der Waals surface area (Å²) in [6.07, 6.45) is 0. The van der Waals surface area contributed by atoms with Crippen LogP contribution in [0.3, 0.4) is 0 Å². The van der Waals surface area contributed by atoms with Gasteiger partial charge in [0, 0.05) is 11.4 Å². The van der Waals surface area contributed by atoms with Gasteiger partial charge in [0.2, 0.25) is 0 Å². The summed E-state index contributed by atoms with van der Waals surface area (Å²) < 4.78 is 4.81. The minimum absolute atomic E-state index is 0.170. The molecular weight excluding hydrogens is 264 g/mol. The lowest BCUT2D eigenvalue weighted by Crippen LogP contribution is -2.24. The van der Waals surface area contributed by atoms with Gasteiger partial charge in [0.25, 0.3) is 0 Å². The number of carbonyl (C=O) groups is 2. The molecule has 0 N–H and O–H groups in total. The van der Waals surface area contributed by atoms with Crippen molar-refractivity contribution in [1.82, 2.24) is 9.97 Å². The van der Waals surface area contributed by atoms with Gasteiger partial charge in [-0.3, -0.25) is 9.59 Å². The quantitative estimate of drug-likeness (QED) is 0.344. The van der Waals surface area contributed by atoms with Crippen LogP contribution in [-0.4, -0.2) is 34.1 Å². The third-order valence-corrected chi connectivity index (χ3v) is 3.30. The highest BCUT2D eigenvalue weighted by Gasteiger charge is 2.22. The molecule has 1 aromatic rings. The molecule has 1 atom stereocenters. The topological polar surface area (TPSA) is 69.2 Å². The van der Waals surface area contributed by atoms with Crippen LogP contribution in [0, 0.1) is 19.8 Å². The van der Waals surface area contributed by atoms with Crippen LogP contribution in [0.2, 0.25) is 0 Å². The predicted octanol–water partition coefficient (Wildman–Crippen LogP) is 1.95. The van der Waals surface area contributed by atoms with E-state index in [1.807, 2.05) is 19.9 Å². The number of ether oxygens (including phenoxy) is 1. The fourth-order valence-electron chi connectivity index (χ4n) is 1.42. The number of esters is 1. The van der Waals surface area contributed by atoms with Crippen molar-refractivity contribution in [3.63, 3.8) is 0 Å². The normalized spacial score (nSPS) is 12.0. The molecular formula is C13H18N2O3S. The van der Waals surface area contributed by atoms with Crippen LogP contribution in [0.25, 0.3) is 0 Å². The van der Waals surface area contributed by atoms with Gasteiger partial charge in [-0.2, -0.15) is 0 Å². The lowest BCUT2D eigenvalue weighted by Gasteiger charge is -2.09. The Morgan fingerprint density at radius 1 is 1.32 bits per heavy atom. The van der Waals surface area contributed by atoms with Crippen molar-refractivity contribution in [2.75, 3.05) is 12.4 Å². The number of aryl methyl sites for hydroxylation is 2. The zero-order valence-corrected chi connectivity index (χ0v) is 12.4. The lowest BCUT2D eigenvalue weighted by atomic mass is 10.1. The maximum Gasteiger partial charge on any atom is 0.316 e. The minimum Gasteiger partial charge on any atom is -0.465 e. The molecule has 0 saturated heterocycles. The average Bonchev–Trinajstić information content (AvgIpc) is 2.34. The van der Waals surface area contributed by atoms with Gasteiger partial charge in [0.15, 0.2) is 10.9 Å². The summed E-state index contributed by atoms with van der Waals surface area (Å²) in [6.45, 7) is 7.31. The molecule has 0 aliphatic carbocycles. The highest BCUT2D eigenvalue weighted by atomic mass is 32.2. The first-order valence-corrected chi connectivity index (χ1v) is 7.07. The smallest absolute Gasteiger partial charge is 0.316 e. The average molecular weight is 282 g/mol. The number of nitrogens with zero attached hydrogens (tertiary/aromatic N) is 2. The molecule has 1 unspecified atom stereocenters. The van der Waals surface area contributed by atoms with Gasteiger partial charge in [0.05, 0.1) is 12.4 Å². The van der Waals surface area contributed by atoms with Crippen LogP contribution in [-0.2, 0) is 14.3 Å². The van der Waals surface area contributed by atoms with Crippen molar-refractivity contribution >= 4 is 23.5 Å². The van der Waals surface area contributed by atoms with E-state index in [0.29, 0.717) is 5.16 Å². The van der Waals surface area contributed by atoms with Crippen LogP contribution < -0.4 is 0 Å². The van der Waals surface area contributed by atoms with Crippen molar-refractivity contribution in [3.05, 3.63) is 17.5 Å². The largest absolute Gasteiger partial charge is 0.465 e. The number of aromatic nitrogens is 2. The van der Waals surface area contributed by atoms with Crippen molar-refractivity contribution in [1.29, 1.82) is 0 Å². The summed E-state index contributed by atoms with van der Waals surface area (Å²) >= 11 is 1.24. The van der Waals surface area contributed by atoms with Crippen LogP contribution in [0.15, 0.2) is 11.2 Å².